The van der Waals surface area contributed by atoms with Gasteiger partial charge in [-0.1, -0.05) is 53.0 Å². The van der Waals surface area contributed by atoms with Crippen LogP contribution in [0.5, 0.6) is 5.75 Å². The van der Waals surface area contributed by atoms with Crippen molar-refractivity contribution in [3.05, 3.63) is 85.2 Å². The van der Waals surface area contributed by atoms with Crippen molar-refractivity contribution in [2.24, 2.45) is 5.10 Å². The van der Waals surface area contributed by atoms with Crippen LogP contribution < -0.4 is 15.7 Å². The second kappa shape index (κ2) is 8.90. The molecule has 0 aliphatic carbocycles. The van der Waals surface area contributed by atoms with Crippen LogP contribution in [-0.2, 0) is 6.61 Å². The molecule has 0 fully saturated rings. The van der Waals surface area contributed by atoms with E-state index in [1.54, 1.807) is 18.3 Å². The summed E-state index contributed by atoms with van der Waals surface area (Å²) < 4.78 is 5.77. The lowest BCUT2D eigenvalue weighted by Gasteiger charge is -2.08. The summed E-state index contributed by atoms with van der Waals surface area (Å²) in [5.41, 5.74) is 4.11. The first-order chi connectivity index (χ1) is 13.0. The standard InChI is InChI=1S/C18H13Cl3N4O2/c19-13-5-4-12(15(20)7-13)10-27-14-3-1-2-11(6-14)8-22-24-16-9-23-25-18(26)17(16)21/h1-9H,10H2,(H2,24,25,26)/b22-8+. The van der Waals surface area contributed by atoms with Crippen molar-refractivity contribution in [3.63, 3.8) is 0 Å². The summed E-state index contributed by atoms with van der Waals surface area (Å²) in [6.45, 7) is 0.308. The molecule has 0 atom stereocenters. The molecule has 0 spiro atoms. The average Bonchev–Trinajstić information content (AvgIpc) is 2.65. The Morgan fingerprint density at radius 3 is 2.85 bits per heavy atom. The maximum atomic E-state index is 11.4. The van der Waals surface area contributed by atoms with Crippen molar-refractivity contribution in [2.75, 3.05) is 5.43 Å². The quantitative estimate of drug-likeness (QED) is 0.443. The second-order valence-corrected chi connectivity index (χ2v) is 6.62. The highest BCUT2D eigenvalue weighted by Crippen LogP contribution is 2.23. The minimum absolute atomic E-state index is 0.0147. The SMILES string of the molecule is O=c1[nH]ncc(N/N=C/c2cccc(OCc3ccc(Cl)cc3Cl)c2)c1Cl. The monoisotopic (exact) mass is 422 g/mol. The molecular formula is C18H13Cl3N4O2. The fourth-order valence-corrected chi connectivity index (χ4v) is 2.72. The van der Waals surface area contributed by atoms with E-state index in [-0.39, 0.29) is 5.02 Å². The lowest BCUT2D eigenvalue weighted by molar-refractivity contribution is 0.306. The first-order valence-corrected chi connectivity index (χ1v) is 8.85. The van der Waals surface area contributed by atoms with Gasteiger partial charge in [-0.3, -0.25) is 10.2 Å². The maximum absolute atomic E-state index is 11.4. The number of hydrazone groups is 1. The number of aromatic nitrogens is 2. The van der Waals surface area contributed by atoms with Crippen LogP contribution in [0.3, 0.4) is 0 Å². The smallest absolute Gasteiger partial charge is 0.285 e. The molecule has 27 heavy (non-hydrogen) atoms. The topological polar surface area (TPSA) is 79.4 Å². The van der Waals surface area contributed by atoms with Gasteiger partial charge in [-0.05, 0) is 29.8 Å². The molecule has 3 rings (SSSR count). The number of aromatic amines is 1. The van der Waals surface area contributed by atoms with Crippen molar-refractivity contribution in [3.8, 4) is 5.75 Å². The third-order valence-electron chi connectivity index (χ3n) is 3.46. The molecule has 1 aromatic heterocycles. The number of rotatable bonds is 6. The van der Waals surface area contributed by atoms with Crippen molar-refractivity contribution < 1.29 is 4.74 Å². The van der Waals surface area contributed by atoms with Gasteiger partial charge in [0.25, 0.3) is 5.56 Å². The van der Waals surface area contributed by atoms with E-state index in [0.29, 0.717) is 28.1 Å². The van der Waals surface area contributed by atoms with Gasteiger partial charge in [-0.2, -0.15) is 10.2 Å². The molecule has 0 aliphatic rings. The highest BCUT2D eigenvalue weighted by molar-refractivity contribution is 6.35. The molecule has 0 amide bonds. The summed E-state index contributed by atoms with van der Waals surface area (Å²) in [4.78, 5) is 11.4. The number of hydrogen-bond donors (Lipinski definition) is 2. The molecule has 138 valence electrons. The summed E-state index contributed by atoms with van der Waals surface area (Å²) >= 11 is 17.9. The Hall–Kier alpha value is -2.54. The van der Waals surface area contributed by atoms with Gasteiger partial charge in [0.15, 0.2) is 0 Å². The van der Waals surface area contributed by atoms with E-state index in [4.69, 9.17) is 39.5 Å². The van der Waals surface area contributed by atoms with Gasteiger partial charge in [0.1, 0.15) is 23.1 Å². The van der Waals surface area contributed by atoms with Gasteiger partial charge in [0.2, 0.25) is 0 Å². The van der Waals surface area contributed by atoms with E-state index in [1.165, 1.54) is 6.20 Å². The molecule has 0 saturated heterocycles. The largest absolute Gasteiger partial charge is 0.489 e. The lowest BCUT2D eigenvalue weighted by Crippen LogP contribution is -2.10. The van der Waals surface area contributed by atoms with Crippen LogP contribution >= 0.6 is 34.8 Å². The number of nitrogens with zero attached hydrogens (tertiary/aromatic N) is 2. The van der Waals surface area contributed by atoms with Gasteiger partial charge < -0.3 is 4.74 Å². The molecule has 0 unspecified atom stereocenters. The van der Waals surface area contributed by atoms with E-state index in [0.717, 1.165) is 11.1 Å². The molecule has 9 heteroatoms. The van der Waals surface area contributed by atoms with E-state index in [1.807, 2.05) is 30.3 Å². The molecule has 3 aromatic rings. The molecule has 0 aliphatic heterocycles. The van der Waals surface area contributed by atoms with Crippen molar-refractivity contribution >= 4 is 46.7 Å². The zero-order chi connectivity index (χ0) is 19.2. The van der Waals surface area contributed by atoms with E-state index >= 15 is 0 Å². The Bertz CT molecular complexity index is 1040. The highest BCUT2D eigenvalue weighted by atomic mass is 35.5. The third kappa shape index (κ3) is 5.23. The Kier molecular flexibility index (Phi) is 6.34. The summed E-state index contributed by atoms with van der Waals surface area (Å²) in [6.07, 6.45) is 2.94. The number of ether oxygens (including phenoxy) is 1. The predicted molar refractivity (Wildman–Crippen MR) is 108 cm³/mol. The first kappa shape index (κ1) is 19.2. The zero-order valence-electron chi connectivity index (χ0n) is 13.7. The van der Waals surface area contributed by atoms with Crippen LogP contribution in [0.1, 0.15) is 11.1 Å². The molecule has 1 heterocycles. The van der Waals surface area contributed by atoms with Crippen molar-refractivity contribution in [1.29, 1.82) is 0 Å². The predicted octanol–water partition coefficient (Wildman–Crippen LogP) is 4.76. The van der Waals surface area contributed by atoms with Crippen LogP contribution in [0.4, 0.5) is 5.69 Å². The molecule has 0 saturated carbocycles. The number of halogens is 3. The second-order valence-electron chi connectivity index (χ2n) is 5.39. The van der Waals surface area contributed by atoms with E-state index in [9.17, 15) is 4.79 Å². The minimum Gasteiger partial charge on any atom is -0.489 e. The van der Waals surface area contributed by atoms with Crippen molar-refractivity contribution in [2.45, 2.75) is 6.61 Å². The Balaban J connectivity index is 1.64. The van der Waals surface area contributed by atoms with Crippen LogP contribution in [-0.4, -0.2) is 16.4 Å². The molecule has 6 nitrogen and oxygen atoms in total. The van der Waals surface area contributed by atoms with Gasteiger partial charge >= 0.3 is 0 Å². The summed E-state index contributed by atoms with van der Waals surface area (Å²) in [5.74, 6) is 0.654. The van der Waals surface area contributed by atoms with Gasteiger partial charge in [-0.15, -0.1) is 0 Å². The third-order valence-corrected chi connectivity index (χ3v) is 4.42. The number of benzene rings is 2. The number of anilines is 1. The van der Waals surface area contributed by atoms with Crippen LogP contribution in [0, 0.1) is 0 Å². The number of nitrogens with one attached hydrogen (secondary N) is 2. The average molecular weight is 424 g/mol. The molecule has 2 N–H and O–H groups in total. The molecule has 2 aromatic carbocycles. The van der Waals surface area contributed by atoms with Gasteiger partial charge in [0.05, 0.1) is 12.4 Å². The Labute approximate surface area is 169 Å². The maximum Gasteiger partial charge on any atom is 0.285 e. The van der Waals surface area contributed by atoms with Crippen LogP contribution in [0.15, 0.2) is 58.6 Å². The van der Waals surface area contributed by atoms with E-state index < -0.39 is 5.56 Å². The zero-order valence-corrected chi connectivity index (χ0v) is 16.0. The summed E-state index contributed by atoms with van der Waals surface area (Å²) in [5, 5.41) is 11.0. The summed E-state index contributed by atoms with van der Waals surface area (Å²) in [6, 6.07) is 12.6. The fraction of sp³-hybridized carbons (Fsp3) is 0.0556. The summed E-state index contributed by atoms with van der Waals surface area (Å²) in [7, 11) is 0. The molecular weight excluding hydrogens is 411 g/mol. The van der Waals surface area contributed by atoms with Gasteiger partial charge in [0, 0.05) is 15.6 Å². The van der Waals surface area contributed by atoms with E-state index in [2.05, 4.69) is 20.7 Å². The lowest BCUT2D eigenvalue weighted by atomic mass is 10.2. The highest BCUT2D eigenvalue weighted by Gasteiger charge is 2.04. The number of hydrogen-bond acceptors (Lipinski definition) is 5. The Morgan fingerprint density at radius 2 is 2.04 bits per heavy atom. The van der Waals surface area contributed by atoms with Crippen LogP contribution in [0.2, 0.25) is 15.1 Å². The normalized spacial score (nSPS) is 10.9. The minimum atomic E-state index is -0.492. The van der Waals surface area contributed by atoms with Crippen molar-refractivity contribution in [1.82, 2.24) is 10.2 Å². The number of H-pyrrole nitrogens is 1. The van der Waals surface area contributed by atoms with Crippen LogP contribution in [0.25, 0.3) is 0 Å². The molecule has 0 radical (unpaired) electrons. The fourth-order valence-electron chi connectivity index (χ4n) is 2.12. The molecule has 0 bridgehead atoms. The van der Waals surface area contributed by atoms with Gasteiger partial charge in [-0.25, -0.2) is 5.10 Å². The first-order valence-electron chi connectivity index (χ1n) is 7.72. The Morgan fingerprint density at radius 1 is 1.19 bits per heavy atom.